The minimum atomic E-state index is -4.52. The molecule has 1 heterocycles. The maximum Gasteiger partial charge on any atom is 0.416 e. The van der Waals surface area contributed by atoms with Gasteiger partial charge in [0.25, 0.3) is 11.8 Å². The summed E-state index contributed by atoms with van der Waals surface area (Å²) in [7, 11) is 0. The second-order valence-electron chi connectivity index (χ2n) is 6.68. The zero-order valence-electron chi connectivity index (χ0n) is 15.2. The van der Waals surface area contributed by atoms with E-state index in [1.165, 1.54) is 28.0 Å². The molecule has 8 heteroatoms. The van der Waals surface area contributed by atoms with Crippen LogP contribution in [-0.4, -0.2) is 52.9 Å². The summed E-state index contributed by atoms with van der Waals surface area (Å²) in [6.45, 7) is 2.67. The van der Waals surface area contributed by atoms with Crippen molar-refractivity contribution in [1.82, 2.24) is 9.80 Å². The summed E-state index contributed by atoms with van der Waals surface area (Å²) in [4.78, 5) is 28.0. The molecule has 2 aromatic rings. The van der Waals surface area contributed by atoms with Crippen LogP contribution in [0.3, 0.4) is 0 Å². The van der Waals surface area contributed by atoms with E-state index in [4.69, 9.17) is 0 Å². The van der Waals surface area contributed by atoms with E-state index in [0.29, 0.717) is 0 Å². The second-order valence-corrected chi connectivity index (χ2v) is 6.68. The molecule has 0 atom stereocenters. The van der Waals surface area contributed by atoms with E-state index in [0.717, 1.165) is 17.7 Å². The van der Waals surface area contributed by atoms with E-state index in [9.17, 15) is 27.9 Å². The van der Waals surface area contributed by atoms with E-state index in [2.05, 4.69) is 0 Å². The standard InChI is InChI=1S/C20H19F3N2O3/c1-13-5-6-16(17(26)11-13)19(28)25-9-7-24(8-10-25)18(27)14-3-2-4-15(12-14)20(21,22)23/h2-6,11-12,26H,7-10H2,1H3. The van der Waals surface area contributed by atoms with Crippen LogP contribution < -0.4 is 0 Å². The molecule has 0 radical (unpaired) electrons. The molecule has 1 aliphatic rings. The molecule has 0 saturated carbocycles. The van der Waals surface area contributed by atoms with Crippen LogP contribution >= 0.6 is 0 Å². The highest BCUT2D eigenvalue weighted by atomic mass is 19.4. The Bertz CT molecular complexity index is 904. The first-order valence-corrected chi connectivity index (χ1v) is 8.72. The summed E-state index contributed by atoms with van der Waals surface area (Å²) < 4.78 is 38.5. The van der Waals surface area contributed by atoms with E-state index in [1.807, 2.05) is 0 Å². The molecule has 5 nitrogen and oxygen atoms in total. The Kier molecular flexibility index (Phi) is 5.31. The molecule has 0 unspecified atom stereocenters. The average Bonchev–Trinajstić information content (AvgIpc) is 2.66. The normalized spacial score (nSPS) is 14.9. The van der Waals surface area contributed by atoms with Gasteiger partial charge in [-0.15, -0.1) is 0 Å². The minimum Gasteiger partial charge on any atom is -0.507 e. The number of carbonyl (C=O) groups excluding carboxylic acids is 2. The number of aryl methyl sites for hydroxylation is 1. The molecule has 1 aliphatic heterocycles. The van der Waals surface area contributed by atoms with Crippen molar-refractivity contribution in [3.63, 3.8) is 0 Å². The third kappa shape index (κ3) is 4.11. The fourth-order valence-electron chi connectivity index (χ4n) is 3.12. The van der Waals surface area contributed by atoms with Gasteiger partial charge in [-0.1, -0.05) is 12.1 Å². The maximum absolute atomic E-state index is 12.8. The quantitative estimate of drug-likeness (QED) is 0.853. The Morgan fingerprint density at radius 3 is 2.11 bits per heavy atom. The number of amides is 2. The Morgan fingerprint density at radius 1 is 0.929 bits per heavy atom. The van der Waals surface area contributed by atoms with E-state index in [1.54, 1.807) is 19.1 Å². The lowest BCUT2D eigenvalue weighted by molar-refractivity contribution is -0.137. The molecule has 148 valence electrons. The van der Waals surface area contributed by atoms with Crippen molar-refractivity contribution < 1.29 is 27.9 Å². The van der Waals surface area contributed by atoms with Gasteiger partial charge in [0.2, 0.25) is 0 Å². The first-order valence-electron chi connectivity index (χ1n) is 8.72. The summed E-state index contributed by atoms with van der Waals surface area (Å²) in [5.41, 5.74) is 0.0987. The smallest absolute Gasteiger partial charge is 0.416 e. The molecular weight excluding hydrogens is 373 g/mol. The molecule has 0 bridgehead atoms. The number of piperazine rings is 1. The highest BCUT2D eigenvalue weighted by Crippen LogP contribution is 2.30. The van der Waals surface area contributed by atoms with Gasteiger partial charge in [-0.2, -0.15) is 13.2 Å². The second kappa shape index (κ2) is 7.53. The van der Waals surface area contributed by atoms with Crippen molar-refractivity contribution >= 4 is 11.8 Å². The fourth-order valence-corrected chi connectivity index (χ4v) is 3.12. The number of hydrogen-bond acceptors (Lipinski definition) is 3. The van der Waals surface area contributed by atoms with Crippen molar-refractivity contribution in [1.29, 1.82) is 0 Å². The van der Waals surface area contributed by atoms with Gasteiger partial charge < -0.3 is 14.9 Å². The molecule has 1 saturated heterocycles. The summed E-state index contributed by atoms with van der Waals surface area (Å²) in [6.07, 6.45) is -4.52. The monoisotopic (exact) mass is 392 g/mol. The lowest BCUT2D eigenvalue weighted by Crippen LogP contribution is -2.50. The molecule has 28 heavy (non-hydrogen) atoms. The van der Waals surface area contributed by atoms with Crippen LogP contribution in [0.25, 0.3) is 0 Å². The van der Waals surface area contributed by atoms with Crippen molar-refractivity contribution in [3.05, 3.63) is 64.7 Å². The first kappa shape index (κ1) is 19.7. The van der Waals surface area contributed by atoms with Gasteiger partial charge in [0.15, 0.2) is 0 Å². The van der Waals surface area contributed by atoms with E-state index < -0.39 is 17.6 Å². The highest BCUT2D eigenvalue weighted by Gasteiger charge is 2.32. The van der Waals surface area contributed by atoms with Crippen LogP contribution in [0.4, 0.5) is 13.2 Å². The van der Waals surface area contributed by atoms with Gasteiger partial charge in [-0.05, 0) is 42.8 Å². The fraction of sp³-hybridized carbons (Fsp3) is 0.300. The van der Waals surface area contributed by atoms with E-state index in [-0.39, 0.29) is 49.0 Å². The molecule has 0 aliphatic carbocycles. The molecule has 0 spiro atoms. The number of phenols is 1. The van der Waals surface area contributed by atoms with Crippen LogP contribution in [0.1, 0.15) is 31.8 Å². The number of phenolic OH excluding ortho intramolecular Hbond substituents is 1. The minimum absolute atomic E-state index is 0.0363. The maximum atomic E-state index is 12.8. The Hall–Kier alpha value is -3.03. The van der Waals surface area contributed by atoms with Crippen molar-refractivity contribution in [2.24, 2.45) is 0 Å². The Morgan fingerprint density at radius 2 is 1.54 bits per heavy atom. The third-order valence-electron chi connectivity index (χ3n) is 4.67. The van der Waals surface area contributed by atoms with Crippen molar-refractivity contribution in [2.75, 3.05) is 26.2 Å². The Balaban J connectivity index is 1.67. The van der Waals surface area contributed by atoms with Gasteiger partial charge >= 0.3 is 6.18 Å². The highest BCUT2D eigenvalue weighted by molar-refractivity contribution is 5.97. The largest absolute Gasteiger partial charge is 0.507 e. The summed E-state index contributed by atoms with van der Waals surface area (Å²) in [5.74, 6) is -0.951. The number of hydrogen-bond donors (Lipinski definition) is 1. The zero-order chi connectivity index (χ0) is 20.5. The Labute approximate surface area is 160 Å². The zero-order valence-corrected chi connectivity index (χ0v) is 15.2. The van der Waals surface area contributed by atoms with Crippen molar-refractivity contribution in [2.45, 2.75) is 13.1 Å². The average molecular weight is 392 g/mol. The number of benzene rings is 2. The van der Waals surface area contributed by atoms with Crippen LogP contribution in [0.15, 0.2) is 42.5 Å². The number of alkyl halides is 3. The lowest BCUT2D eigenvalue weighted by Gasteiger charge is -2.35. The molecule has 0 aromatic heterocycles. The molecule has 1 N–H and O–H groups in total. The van der Waals surface area contributed by atoms with Crippen LogP contribution in [-0.2, 0) is 6.18 Å². The predicted octanol–water partition coefficient (Wildman–Crippen LogP) is 3.32. The van der Waals surface area contributed by atoms with Crippen LogP contribution in [0.5, 0.6) is 5.75 Å². The van der Waals surface area contributed by atoms with Gasteiger partial charge in [-0.3, -0.25) is 9.59 Å². The number of halogens is 3. The molecular formula is C20H19F3N2O3. The molecule has 2 aromatic carbocycles. The lowest BCUT2D eigenvalue weighted by atomic mass is 10.1. The van der Waals surface area contributed by atoms with Gasteiger partial charge in [0.05, 0.1) is 11.1 Å². The van der Waals surface area contributed by atoms with Crippen LogP contribution in [0.2, 0.25) is 0 Å². The van der Waals surface area contributed by atoms with Gasteiger partial charge in [-0.25, -0.2) is 0 Å². The van der Waals surface area contributed by atoms with Crippen molar-refractivity contribution in [3.8, 4) is 5.75 Å². The number of nitrogens with zero attached hydrogens (tertiary/aromatic N) is 2. The summed E-state index contributed by atoms with van der Waals surface area (Å²) in [6, 6.07) is 9.08. The van der Waals surface area contributed by atoms with Gasteiger partial charge in [0, 0.05) is 31.7 Å². The SMILES string of the molecule is Cc1ccc(C(=O)N2CCN(C(=O)c3cccc(C(F)(F)F)c3)CC2)c(O)c1. The van der Waals surface area contributed by atoms with Gasteiger partial charge in [0.1, 0.15) is 5.75 Å². The molecule has 1 fully saturated rings. The summed E-state index contributed by atoms with van der Waals surface area (Å²) >= 11 is 0. The van der Waals surface area contributed by atoms with E-state index >= 15 is 0 Å². The van der Waals surface area contributed by atoms with Crippen LogP contribution in [0, 0.1) is 6.92 Å². The summed E-state index contributed by atoms with van der Waals surface area (Å²) in [5, 5.41) is 9.97. The first-order chi connectivity index (χ1) is 13.2. The third-order valence-corrected chi connectivity index (χ3v) is 4.67. The molecule has 3 rings (SSSR count). The number of rotatable bonds is 2. The molecule has 2 amide bonds. The topological polar surface area (TPSA) is 60.9 Å². The predicted molar refractivity (Wildman–Crippen MR) is 96.1 cm³/mol. The number of carbonyl (C=O) groups is 2. The number of aromatic hydroxyl groups is 1.